The minimum atomic E-state index is -0.537. The molecule has 0 bridgehead atoms. The zero-order valence-electron chi connectivity index (χ0n) is 13.1. The topological polar surface area (TPSA) is 83.3 Å². The van der Waals surface area contributed by atoms with E-state index >= 15 is 0 Å². The average molecular weight is 317 g/mol. The molecule has 0 amide bonds. The largest absolute Gasteiger partial charge is 0.463 e. The van der Waals surface area contributed by atoms with Crippen LogP contribution in [0.3, 0.4) is 0 Å². The summed E-state index contributed by atoms with van der Waals surface area (Å²) in [4.78, 5) is 21.3. The molecule has 0 aliphatic heterocycles. The number of rotatable bonds is 5. The van der Waals surface area contributed by atoms with Gasteiger partial charge in [-0.15, -0.1) is 5.10 Å². The predicted octanol–water partition coefficient (Wildman–Crippen LogP) is 2.20. The average Bonchev–Trinajstić information content (AvgIpc) is 2.97. The first kappa shape index (κ1) is 18.1. The van der Waals surface area contributed by atoms with E-state index in [1.54, 1.807) is 24.7 Å². The number of esters is 2. The van der Waals surface area contributed by atoms with E-state index < -0.39 is 11.9 Å². The quantitative estimate of drug-likeness (QED) is 0.621. The van der Waals surface area contributed by atoms with Gasteiger partial charge in [-0.3, -0.25) is 0 Å². The fourth-order valence-corrected chi connectivity index (χ4v) is 1.54. The number of ether oxygens (including phenoxy) is 2. The first-order valence-electron chi connectivity index (χ1n) is 7.06. The lowest BCUT2D eigenvalue weighted by Gasteiger charge is -1.95. The second-order valence-corrected chi connectivity index (χ2v) is 4.04. The van der Waals surface area contributed by atoms with E-state index in [2.05, 4.69) is 26.4 Å². The molecule has 0 radical (unpaired) electrons. The highest BCUT2D eigenvalue weighted by atomic mass is 16.5. The van der Waals surface area contributed by atoms with E-state index in [1.165, 1.54) is 0 Å². The number of fused-ring (bicyclic) bond motifs is 1. The van der Waals surface area contributed by atoms with Crippen LogP contribution in [0.15, 0.2) is 43.0 Å². The molecular weight excluding hydrogens is 298 g/mol. The first-order valence-corrected chi connectivity index (χ1v) is 7.06. The Bertz CT molecular complexity index is 671. The molecule has 0 aliphatic carbocycles. The van der Waals surface area contributed by atoms with Crippen molar-refractivity contribution < 1.29 is 19.1 Å². The minimum absolute atomic E-state index is 0.298. The van der Waals surface area contributed by atoms with Crippen molar-refractivity contribution in [2.75, 3.05) is 13.2 Å². The summed E-state index contributed by atoms with van der Waals surface area (Å²) in [6.45, 7) is 7.59. The summed E-state index contributed by atoms with van der Waals surface area (Å²) in [5, 5.41) is 7.79. The van der Waals surface area contributed by atoms with E-state index in [4.69, 9.17) is 0 Å². The fourth-order valence-electron chi connectivity index (χ4n) is 1.54. The van der Waals surface area contributed by atoms with Crippen molar-refractivity contribution in [3.63, 3.8) is 0 Å². The van der Waals surface area contributed by atoms with Crippen LogP contribution in [0, 0.1) is 0 Å². The summed E-state index contributed by atoms with van der Waals surface area (Å²) < 4.78 is 10.7. The lowest BCUT2D eigenvalue weighted by molar-refractivity contribution is -0.140. The summed E-state index contributed by atoms with van der Waals surface area (Å²) in [5.74, 6) is -1.07. The van der Waals surface area contributed by atoms with Crippen molar-refractivity contribution in [3.8, 4) is 0 Å². The molecule has 0 saturated heterocycles. The number of hydrogen-bond acceptors (Lipinski definition) is 6. The maximum absolute atomic E-state index is 10.6. The fraction of sp³-hybridized carbons (Fsp3) is 0.250. The number of carbonyl (C=O) groups is 2. The van der Waals surface area contributed by atoms with E-state index in [9.17, 15) is 9.59 Å². The maximum Gasteiger partial charge on any atom is 0.330 e. The van der Waals surface area contributed by atoms with Crippen LogP contribution in [0.5, 0.6) is 0 Å². The van der Waals surface area contributed by atoms with Crippen LogP contribution in [0.4, 0.5) is 0 Å². The number of benzene rings is 1. The van der Waals surface area contributed by atoms with Gasteiger partial charge < -0.3 is 9.47 Å². The number of nitrogens with zero attached hydrogens (tertiary/aromatic N) is 3. The van der Waals surface area contributed by atoms with Crippen LogP contribution in [-0.4, -0.2) is 40.1 Å². The van der Waals surface area contributed by atoms with Gasteiger partial charge in [0, 0.05) is 18.4 Å². The molecule has 0 N–H and O–H groups in total. The molecule has 0 spiro atoms. The van der Waals surface area contributed by atoms with Gasteiger partial charge in [-0.1, -0.05) is 23.9 Å². The van der Waals surface area contributed by atoms with Crippen molar-refractivity contribution in [3.05, 3.63) is 43.0 Å². The van der Waals surface area contributed by atoms with Crippen LogP contribution in [0.25, 0.3) is 17.2 Å². The van der Waals surface area contributed by atoms with Crippen LogP contribution >= 0.6 is 0 Å². The summed E-state index contributed by atoms with van der Waals surface area (Å²) >= 11 is 0. The standard InChI is InChI=1S/C8H7N3.C8H12O4/c1-2-11-8-6-4-3-5-7(8)9-10-11;1-3-11-7(9)5-6-8(10)12-4-2/h2-6H,1H2;5-6H,3-4H2,1-2H3/b;6-5-. The Labute approximate surface area is 134 Å². The second-order valence-electron chi connectivity index (χ2n) is 4.04. The second kappa shape index (κ2) is 9.88. The van der Waals surface area contributed by atoms with Crippen LogP contribution in [0.2, 0.25) is 0 Å². The van der Waals surface area contributed by atoms with Gasteiger partial charge in [-0.2, -0.15) is 0 Å². The summed E-state index contributed by atoms with van der Waals surface area (Å²) in [7, 11) is 0. The molecule has 2 rings (SSSR count). The number of para-hydroxylation sites is 1. The molecule has 1 heterocycles. The molecule has 0 saturated carbocycles. The minimum Gasteiger partial charge on any atom is -0.463 e. The third-order valence-corrected chi connectivity index (χ3v) is 2.48. The Morgan fingerprint density at radius 3 is 2.22 bits per heavy atom. The third-order valence-electron chi connectivity index (χ3n) is 2.48. The van der Waals surface area contributed by atoms with Crippen molar-refractivity contribution >= 4 is 29.2 Å². The molecule has 7 nitrogen and oxygen atoms in total. The normalized spacial score (nSPS) is 10.0. The van der Waals surface area contributed by atoms with Gasteiger partial charge in [0.05, 0.1) is 18.7 Å². The molecule has 0 unspecified atom stereocenters. The molecule has 23 heavy (non-hydrogen) atoms. The van der Waals surface area contributed by atoms with Crippen molar-refractivity contribution in [2.24, 2.45) is 0 Å². The lowest BCUT2D eigenvalue weighted by Crippen LogP contribution is -2.03. The predicted molar refractivity (Wildman–Crippen MR) is 86.3 cm³/mol. The smallest absolute Gasteiger partial charge is 0.330 e. The van der Waals surface area contributed by atoms with E-state index in [0.29, 0.717) is 13.2 Å². The molecule has 0 aliphatic rings. The van der Waals surface area contributed by atoms with Gasteiger partial charge in [0.25, 0.3) is 0 Å². The Morgan fingerprint density at radius 1 is 1.13 bits per heavy atom. The lowest BCUT2D eigenvalue weighted by atomic mass is 10.3. The zero-order chi connectivity index (χ0) is 17.1. The van der Waals surface area contributed by atoms with E-state index in [-0.39, 0.29) is 0 Å². The highest BCUT2D eigenvalue weighted by Crippen LogP contribution is 2.08. The Balaban J connectivity index is 0.000000230. The Morgan fingerprint density at radius 2 is 1.70 bits per heavy atom. The van der Waals surface area contributed by atoms with Crippen molar-refractivity contribution in [1.29, 1.82) is 0 Å². The monoisotopic (exact) mass is 317 g/mol. The van der Waals surface area contributed by atoms with Crippen LogP contribution in [-0.2, 0) is 19.1 Å². The van der Waals surface area contributed by atoms with Crippen LogP contribution in [0.1, 0.15) is 13.8 Å². The third kappa shape index (κ3) is 6.13. The molecule has 0 fully saturated rings. The highest BCUT2D eigenvalue weighted by molar-refractivity contribution is 5.91. The Hall–Kier alpha value is -2.96. The van der Waals surface area contributed by atoms with Gasteiger partial charge in [0.1, 0.15) is 5.52 Å². The van der Waals surface area contributed by atoms with Gasteiger partial charge >= 0.3 is 11.9 Å². The maximum atomic E-state index is 10.6. The summed E-state index contributed by atoms with van der Waals surface area (Å²) in [5.41, 5.74) is 1.88. The molecule has 7 heteroatoms. The van der Waals surface area contributed by atoms with E-state index in [0.717, 1.165) is 23.2 Å². The molecule has 1 aromatic carbocycles. The number of hydrogen-bond donors (Lipinski definition) is 0. The summed E-state index contributed by atoms with van der Waals surface area (Å²) in [6, 6.07) is 7.76. The van der Waals surface area contributed by atoms with E-state index in [1.807, 2.05) is 24.3 Å². The highest BCUT2D eigenvalue weighted by Gasteiger charge is 1.98. The first-order chi connectivity index (χ1) is 11.1. The molecule has 1 aromatic heterocycles. The Kier molecular flexibility index (Phi) is 7.77. The molecule has 122 valence electrons. The van der Waals surface area contributed by atoms with Crippen LogP contribution < -0.4 is 0 Å². The molecule has 0 atom stereocenters. The number of aromatic nitrogens is 3. The van der Waals surface area contributed by atoms with Gasteiger partial charge in [0.15, 0.2) is 0 Å². The van der Waals surface area contributed by atoms with Gasteiger partial charge in [0.2, 0.25) is 0 Å². The van der Waals surface area contributed by atoms with Gasteiger partial charge in [-0.05, 0) is 26.0 Å². The van der Waals surface area contributed by atoms with Crippen molar-refractivity contribution in [1.82, 2.24) is 15.0 Å². The van der Waals surface area contributed by atoms with Gasteiger partial charge in [-0.25, -0.2) is 14.3 Å². The molecular formula is C16H19N3O4. The SMILES string of the molecule is C=Cn1nnc2ccccc21.CCOC(=O)/C=C\C(=O)OCC. The zero-order valence-corrected chi connectivity index (χ0v) is 13.1. The van der Waals surface area contributed by atoms with Crippen molar-refractivity contribution in [2.45, 2.75) is 13.8 Å². The summed E-state index contributed by atoms with van der Waals surface area (Å²) in [6.07, 6.45) is 3.72. The number of carbonyl (C=O) groups excluding carboxylic acids is 2. The molecule has 2 aromatic rings.